The van der Waals surface area contributed by atoms with Gasteiger partial charge in [-0.25, -0.2) is 0 Å². The second-order valence-corrected chi connectivity index (χ2v) is 7.45. The maximum absolute atomic E-state index is 12.6. The van der Waals surface area contributed by atoms with Crippen LogP contribution in [0.25, 0.3) is 0 Å². The lowest BCUT2D eigenvalue weighted by Crippen LogP contribution is -2.42. The van der Waals surface area contributed by atoms with Gasteiger partial charge in [0.15, 0.2) is 0 Å². The van der Waals surface area contributed by atoms with Crippen LogP contribution in [0.3, 0.4) is 0 Å². The van der Waals surface area contributed by atoms with Crippen LogP contribution in [0.2, 0.25) is 0 Å². The zero-order valence-corrected chi connectivity index (χ0v) is 13.3. The quantitative estimate of drug-likeness (QED) is 0.848. The number of nitrogens with one attached hydrogen (secondary N) is 1. The van der Waals surface area contributed by atoms with Crippen molar-refractivity contribution in [2.24, 2.45) is 22.7 Å². The molecule has 1 N–H and O–H groups in total. The zero-order chi connectivity index (χ0) is 14.3. The van der Waals surface area contributed by atoms with E-state index >= 15 is 0 Å². The summed E-state index contributed by atoms with van der Waals surface area (Å²) in [6.45, 7) is 15.1. The molecule has 1 aliphatic carbocycles. The van der Waals surface area contributed by atoms with Crippen LogP contribution in [0.5, 0.6) is 0 Å². The third-order valence-corrected chi connectivity index (χ3v) is 5.88. The van der Waals surface area contributed by atoms with Gasteiger partial charge in [-0.3, -0.25) is 4.79 Å². The number of hydrogen-bond acceptors (Lipinski definition) is 2. The van der Waals surface area contributed by atoms with Crippen LogP contribution in [0.4, 0.5) is 0 Å². The topological polar surface area (TPSA) is 32.3 Å². The van der Waals surface area contributed by atoms with E-state index in [2.05, 4.69) is 44.8 Å². The maximum Gasteiger partial charge on any atom is 0.226 e. The monoisotopic (exact) mass is 266 g/mol. The summed E-state index contributed by atoms with van der Waals surface area (Å²) in [5.41, 5.74) is 0.343. The van der Waals surface area contributed by atoms with E-state index in [1.165, 1.54) is 0 Å². The molecule has 19 heavy (non-hydrogen) atoms. The van der Waals surface area contributed by atoms with Gasteiger partial charge in [-0.05, 0) is 42.7 Å². The molecule has 110 valence electrons. The average Bonchev–Trinajstić information content (AvgIpc) is 2.77. The van der Waals surface area contributed by atoms with Crippen molar-refractivity contribution in [3.63, 3.8) is 0 Å². The first-order chi connectivity index (χ1) is 8.82. The lowest BCUT2D eigenvalue weighted by atomic mass is 9.96. The summed E-state index contributed by atoms with van der Waals surface area (Å²) in [4.78, 5) is 14.7. The largest absolute Gasteiger partial charge is 0.342 e. The highest BCUT2D eigenvalue weighted by molar-refractivity contribution is 5.84. The standard InChI is InChI=1S/C16H30N2O/c1-6-17-11-12-7-9-18(10-8-12)14(19)13-15(2,3)16(13,4)5/h12-13,17H,6-11H2,1-5H3. The fourth-order valence-electron chi connectivity index (χ4n) is 3.70. The smallest absolute Gasteiger partial charge is 0.226 e. The molecule has 1 heterocycles. The predicted octanol–water partition coefficient (Wildman–Crippen LogP) is 2.52. The summed E-state index contributed by atoms with van der Waals surface area (Å²) in [5.74, 6) is 1.38. The van der Waals surface area contributed by atoms with Gasteiger partial charge in [-0.1, -0.05) is 34.6 Å². The van der Waals surface area contributed by atoms with E-state index in [1.807, 2.05) is 0 Å². The van der Waals surface area contributed by atoms with Crippen LogP contribution in [0.1, 0.15) is 47.5 Å². The number of carbonyl (C=O) groups excluding carboxylic acids is 1. The van der Waals surface area contributed by atoms with Gasteiger partial charge in [0.05, 0.1) is 0 Å². The van der Waals surface area contributed by atoms with Crippen LogP contribution < -0.4 is 5.32 Å². The highest BCUT2D eigenvalue weighted by atomic mass is 16.2. The van der Waals surface area contributed by atoms with Crippen molar-refractivity contribution < 1.29 is 4.79 Å². The number of amides is 1. The molecule has 1 saturated carbocycles. The van der Waals surface area contributed by atoms with E-state index in [-0.39, 0.29) is 16.7 Å². The molecule has 1 aliphatic heterocycles. The van der Waals surface area contributed by atoms with Gasteiger partial charge < -0.3 is 10.2 Å². The number of hydrogen-bond donors (Lipinski definition) is 1. The first-order valence-electron chi connectivity index (χ1n) is 7.82. The van der Waals surface area contributed by atoms with E-state index in [9.17, 15) is 4.79 Å². The molecule has 2 rings (SSSR count). The molecule has 0 aromatic rings. The molecule has 1 saturated heterocycles. The van der Waals surface area contributed by atoms with Crippen LogP contribution in [0, 0.1) is 22.7 Å². The Kier molecular flexibility index (Phi) is 3.97. The third kappa shape index (κ3) is 2.54. The molecule has 3 heteroatoms. The molecule has 0 unspecified atom stereocenters. The molecule has 0 aromatic carbocycles. The number of carbonyl (C=O) groups is 1. The highest BCUT2D eigenvalue weighted by Gasteiger charge is 2.68. The molecule has 2 fully saturated rings. The van der Waals surface area contributed by atoms with Crippen molar-refractivity contribution in [1.82, 2.24) is 10.2 Å². The minimum Gasteiger partial charge on any atom is -0.342 e. The lowest BCUT2D eigenvalue weighted by Gasteiger charge is -2.32. The summed E-state index contributed by atoms with van der Waals surface area (Å²) in [6.07, 6.45) is 2.32. The van der Waals surface area contributed by atoms with Crippen molar-refractivity contribution >= 4 is 5.91 Å². The molecular formula is C16H30N2O. The maximum atomic E-state index is 12.6. The van der Waals surface area contributed by atoms with Crippen molar-refractivity contribution in [3.05, 3.63) is 0 Å². The van der Waals surface area contributed by atoms with E-state index in [0.717, 1.165) is 44.9 Å². The van der Waals surface area contributed by atoms with Crippen LogP contribution in [-0.2, 0) is 4.79 Å². The molecule has 0 aromatic heterocycles. The van der Waals surface area contributed by atoms with E-state index in [4.69, 9.17) is 0 Å². The summed E-state index contributed by atoms with van der Waals surface area (Å²) in [5, 5.41) is 3.42. The Balaban J connectivity index is 1.84. The third-order valence-electron chi connectivity index (χ3n) is 5.88. The molecule has 0 bridgehead atoms. The van der Waals surface area contributed by atoms with Crippen molar-refractivity contribution in [1.29, 1.82) is 0 Å². The Morgan fingerprint density at radius 3 is 2.11 bits per heavy atom. The van der Waals surface area contributed by atoms with Gasteiger partial charge in [-0.2, -0.15) is 0 Å². The normalized spacial score (nSPS) is 26.5. The van der Waals surface area contributed by atoms with Crippen molar-refractivity contribution in [2.45, 2.75) is 47.5 Å². The van der Waals surface area contributed by atoms with E-state index < -0.39 is 0 Å². The number of rotatable bonds is 4. The first kappa shape index (κ1) is 14.8. The number of nitrogens with zero attached hydrogens (tertiary/aromatic N) is 1. The molecular weight excluding hydrogens is 236 g/mol. The zero-order valence-electron chi connectivity index (χ0n) is 13.3. The predicted molar refractivity (Wildman–Crippen MR) is 78.9 cm³/mol. The molecule has 2 aliphatic rings. The second kappa shape index (κ2) is 5.08. The minimum absolute atomic E-state index is 0.171. The Bertz CT molecular complexity index is 327. The van der Waals surface area contributed by atoms with Gasteiger partial charge in [-0.15, -0.1) is 0 Å². The molecule has 0 spiro atoms. The fourth-order valence-corrected chi connectivity index (χ4v) is 3.70. The fraction of sp³-hybridized carbons (Fsp3) is 0.938. The average molecular weight is 266 g/mol. The summed E-state index contributed by atoms with van der Waals surface area (Å²) >= 11 is 0. The molecule has 0 atom stereocenters. The highest BCUT2D eigenvalue weighted by Crippen LogP contribution is 2.68. The van der Waals surface area contributed by atoms with Crippen molar-refractivity contribution in [2.75, 3.05) is 26.2 Å². The number of likely N-dealkylation sites (tertiary alicyclic amines) is 1. The summed E-state index contributed by atoms with van der Waals surface area (Å²) in [7, 11) is 0. The molecule has 1 amide bonds. The van der Waals surface area contributed by atoms with Gasteiger partial charge in [0, 0.05) is 19.0 Å². The summed E-state index contributed by atoms with van der Waals surface area (Å²) in [6, 6.07) is 0. The lowest BCUT2D eigenvalue weighted by molar-refractivity contribution is -0.135. The Hall–Kier alpha value is -0.570. The number of piperidine rings is 1. The van der Waals surface area contributed by atoms with Crippen LogP contribution >= 0.6 is 0 Å². The Morgan fingerprint density at radius 2 is 1.68 bits per heavy atom. The minimum atomic E-state index is 0.171. The van der Waals surface area contributed by atoms with E-state index in [0.29, 0.717) is 5.91 Å². The second-order valence-electron chi connectivity index (χ2n) is 7.45. The van der Waals surface area contributed by atoms with Gasteiger partial charge in [0.2, 0.25) is 5.91 Å². The van der Waals surface area contributed by atoms with Gasteiger partial charge >= 0.3 is 0 Å². The first-order valence-corrected chi connectivity index (χ1v) is 7.82. The summed E-state index contributed by atoms with van der Waals surface area (Å²) < 4.78 is 0. The SMILES string of the molecule is CCNCC1CCN(C(=O)C2C(C)(C)C2(C)C)CC1. The molecule has 3 nitrogen and oxygen atoms in total. The Morgan fingerprint density at radius 1 is 1.16 bits per heavy atom. The van der Waals surface area contributed by atoms with Crippen LogP contribution in [-0.4, -0.2) is 37.0 Å². The van der Waals surface area contributed by atoms with Gasteiger partial charge in [0.1, 0.15) is 0 Å². The molecule has 0 radical (unpaired) electrons. The van der Waals surface area contributed by atoms with Crippen molar-refractivity contribution in [3.8, 4) is 0 Å². The van der Waals surface area contributed by atoms with Crippen LogP contribution in [0.15, 0.2) is 0 Å². The van der Waals surface area contributed by atoms with E-state index in [1.54, 1.807) is 0 Å². The Labute approximate surface area is 118 Å². The van der Waals surface area contributed by atoms with Gasteiger partial charge in [0.25, 0.3) is 0 Å².